The highest BCUT2D eigenvalue weighted by atomic mass is 32.1. The zero-order chi connectivity index (χ0) is 15.2. The minimum absolute atomic E-state index is 0.0242. The molecule has 1 heterocycles. The van der Waals surface area contributed by atoms with E-state index in [1.165, 1.54) is 11.3 Å². The first kappa shape index (κ1) is 15.7. The highest BCUT2D eigenvalue weighted by molar-refractivity contribution is 7.09. The van der Waals surface area contributed by atoms with Crippen LogP contribution in [0.5, 0.6) is 0 Å². The Kier molecular flexibility index (Phi) is 5.47. The summed E-state index contributed by atoms with van der Waals surface area (Å²) in [6.07, 6.45) is 0.920. The molecule has 0 fully saturated rings. The lowest BCUT2D eigenvalue weighted by Gasteiger charge is -2.21. The molecule has 2 aromatic rings. The summed E-state index contributed by atoms with van der Waals surface area (Å²) >= 11 is 1.44. The van der Waals surface area contributed by atoms with Crippen molar-refractivity contribution in [3.8, 4) is 0 Å². The van der Waals surface area contributed by atoms with Gasteiger partial charge in [0, 0.05) is 18.5 Å². The molecule has 2 rings (SSSR count). The number of benzene rings is 1. The van der Waals surface area contributed by atoms with Gasteiger partial charge in [0.05, 0.1) is 6.04 Å². The lowest BCUT2D eigenvalue weighted by atomic mass is 10.2. The van der Waals surface area contributed by atoms with E-state index < -0.39 is 0 Å². The predicted octanol–water partition coefficient (Wildman–Crippen LogP) is 3.22. The Hall–Kier alpha value is -1.72. The highest BCUT2D eigenvalue weighted by Gasteiger charge is 2.19. The molecule has 0 radical (unpaired) electrons. The Morgan fingerprint density at radius 2 is 2.10 bits per heavy atom. The van der Waals surface area contributed by atoms with Crippen LogP contribution in [0.2, 0.25) is 0 Å². The topological polar surface area (TPSA) is 59.2 Å². The monoisotopic (exact) mass is 303 g/mol. The Morgan fingerprint density at radius 1 is 1.38 bits per heavy atom. The molecular formula is C16H21N3OS. The Morgan fingerprint density at radius 3 is 2.67 bits per heavy atom. The molecule has 112 valence electrons. The van der Waals surface area contributed by atoms with Crippen LogP contribution < -0.4 is 5.73 Å². The van der Waals surface area contributed by atoms with Crippen molar-refractivity contribution in [1.82, 2.24) is 9.88 Å². The molecule has 1 aromatic heterocycles. The molecule has 0 aliphatic carbocycles. The van der Waals surface area contributed by atoms with Crippen LogP contribution in [0.1, 0.15) is 47.4 Å². The highest BCUT2D eigenvalue weighted by Crippen LogP contribution is 2.18. The van der Waals surface area contributed by atoms with Gasteiger partial charge in [0.25, 0.3) is 5.91 Å². The fourth-order valence-electron chi connectivity index (χ4n) is 2.08. The fourth-order valence-corrected chi connectivity index (χ4v) is 2.83. The maximum atomic E-state index is 12.6. The van der Waals surface area contributed by atoms with E-state index in [2.05, 4.69) is 11.9 Å². The maximum absolute atomic E-state index is 12.6. The molecule has 0 aliphatic heterocycles. The van der Waals surface area contributed by atoms with Crippen LogP contribution in [0, 0.1) is 0 Å². The Balaban J connectivity index is 2.14. The second-order valence-corrected chi connectivity index (χ2v) is 5.96. The summed E-state index contributed by atoms with van der Waals surface area (Å²) in [5.74, 6) is -0.0242. The maximum Gasteiger partial charge on any atom is 0.273 e. The van der Waals surface area contributed by atoms with Gasteiger partial charge in [-0.1, -0.05) is 37.3 Å². The quantitative estimate of drug-likeness (QED) is 0.891. The second kappa shape index (κ2) is 7.33. The molecule has 5 heteroatoms. The Labute approximate surface area is 129 Å². The summed E-state index contributed by atoms with van der Waals surface area (Å²) < 4.78 is 0. The van der Waals surface area contributed by atoms with Crippen molar-refractivity contribution in [2.24, 2.45) is 5.73 Å². The number of aromatic nitrogens is 1. The van der Waals surface area contributed by atoms with Gasteiger partial charge in [0.1, 0.15) is 10.7 Å². The summed E-state index contributed by atoms with van der Waals surface area (Å²) in [5.41, 5.74) is 7.43. The van der Waals surface area contributed by atoms with Crippen LogP contribution >= 0.6 is 11.3 Å². The van der Waals surface area contributed by atoms with Crippen molar-refractivity contribution in [2.75, 3.05) is 6.54 Å². The Bertz CT molecular complexity index is 580. The van der Waals surface area contributed by atoms with Crippen LogP contribution in [0.25, 0.3) is 0 Å². The number of carbonyl (C=O) groups is 1. The molecule has 0 saturated carbocycles. The summed E-state index contributed by atoms with van der Waals surface area (Å²) in [6.45, 7) is 5.28. The number of carbonyl (C=O) groups excluding carboxylic acids is 1. The molecule has 0 aliphatic rings. The van der Waals surface area contributed by atoms with Gasteiger partial charge in [-0.2, -0.15) is 0 Å². The molecular weight excluding hydrogens is 282 g/mol. The fraction of sp³-hybridized carbons (Fsp3) is 0.375. The molecule has 1 atom stereocenters. The number of hydrogen-bond acceptors (Lipinski definition) is 4. The van der Waals surface area contributed by atoms with E-state index in [0.29, 0.717) is 12.2 Å². The third-order valence-electron chi connectivity index (χ3n) is 3.13. The van der Waals surface area contributed by atoms with E-state index >= 15 is 0 Å². The third kappa shape index (κ3) is 4.12. The van der Waals surface area contributed by atoms with E-state index in [1.807, 2.05) is 42.2 Å². The van der Waals surface area contributed by atoms with Crippen molar-refractivity contribution in [2.45, 2.75) is 32.9 Å². The lowest BCUT2D eigenvalue weighted by Crippen LogP contribution is -2.31. The van der Waals surface area contributed by atoms with Gasteiger partial charge >= 0.3 is 0 Å². The van der Waals surface area contributed by atoms with Gasteiger partial charge in [-0.25, -0.2) is 4.98 Å². The van der Waals surface area contributed by atoms with Crippen LogP contribution in [0.4, 0.5) is 0 Å². The van der Waals surface area contributed by atoms with Crippen LogP contribution in [0.15, 0.2) is 35.7 Å². The van der Waals surface area contributed by atoms with E-state index in [1.54, 1.807) is 5.38 Å². The summed E-state index contributed by atoms with van der Waals surface area (Å²) in [4.78, 5) is 18.8. The molecule has 4 nitrogen and oxygen atoms in total. The molecule has 2 N–H and O–H groups in total. The molecule has 21 heavy (non-hydrogen) atoms. The predicted molar refractivity (Wildman–Crippen MR) is 86.2 cm³/mol. The zero-order valence-corrected chi connectivity index (χ0v) is 13.3. The molecule has 1 unspecified atom stereocenters. The van der Waals surface area contributed by atoms with E-state index in [0.717, 1.165) is 23.5 Å². The van der Waals surface area contributed by atoms with Crippen LogP contribution in [0.3, 0.4) is 0 Å². The second-order valence-electron chi connectivity index (χ2n) is 5.07. The van der Waals surface area contributed by atoms with Crippen molar-refractivity contribution in [3.63, 3.8) is 0 Å². The van der Waals surface area contributed by atoms with Gasteiger partial charge in [-0.3, -0.25) is 4.79 Å². The van der Waals surface area contributed by atoms with E-state index in [-0.39, 0.29) is 11.9 Å². The van der Waals surface area contributed by atoms with Crippen LogP contribution in [-0.2, 0) is 6.54 Å². The van der Waals surface area contributed by atoms with Gasteiger partial charge < -0.3 is 10.6 Å². The number of nitrogens with two attached hydrogens (primary N) is 1. The van der Waals surface area contributed by atoms with Crippen molar-refractivity contribution in [3.05, 3.63) is 52.0 Å². The summed E-state index contributed by atoms with van der Waals surface area (Å²) in [6, 6.07) is 9.88. The minimum Gasteiger partial charge on any atom is -0.333 e. The largest absolute Gasteiger partial charge is 0.333 e. The first-order chi connectivity index (χ1) is 10.1. The summed E-state index contributed by atoms with van der Waals surface area (Å²) in [7, 11) is 0. The van der Waals surface area contributed by atoms with Crippen molar-refractivity contribution >= 4 is 17.2 Å². The van der Waals surface area contributed by atoms with Gasteiger partial charge in [-0.15, -0.1) is 11.3 Å². The van der Waals surface area contributed by atoms with Gasteiger partial charge in [0.2, 0.25) is 0 Å². The normalized spacial score (nSPS) is 12.1. The molecule has 0 spiro atoms. The molecule has 1 amide bonds. The number of hydrogen-bond donors (Lipinski definition) is 1. The van der Waals surface area contributed by atoms with Crippen molar-refractivity contribution in [1.29, 1.82) is 0 Å². The van der Waals surface area contributed by atoms with Crippen molar-refractivity contribution < 1.29 is 4.79 Å². The number of rotatable bonds is 6. The minimum atomic E-state index is -0.134. The standard InChI is InChI=1S/C16H21N3OS/c1-3-9-19(10-13-7-5-4-6-8-13)16(20)14-11-21-15(18-14)12(2)17/h4-8,11-12H,3,9-10,17H2,1-2H3. The first-order valence-electron chi connectivity index (χ1n) is 7.16. The average Bonchev–Trinajstić information content (AvgIpc) is 2.97. The number of thiazole rings is 1. The molecule has 0 bridgehead atoms. The van der Waals surface area contributed by atoms with Gasteiger partial charge in [-0.05, 0) is 18.9 Å². The van der Waals surface area contributed by atoms with E-state index in [9.17, 15) is 4.79 Å². The smallest absolute Gasteiger partial charge is 0.273 e. The first-order valence-corrected chi connectivity index (χ1v) is 8.04. The van der Waals surface area contributed by atoms with Gasteiger partial charge in [0.15, 0.2) is 0 Å². The molecule has 0 saturated heterocycles. The van der Waals surface area contributed by atoms with E-state index in [4.69, 9.17) is 5.73 Å². The average molecular weight is 303 g/mol. The molecule has 1 aromatic carbocycles. The number of nitrogens with zero attached hydrogens (tertiary/aromatic N) is 2. The third-order valence-corrected chi connectivity index (χ3v) is 4.17. The lowest BCUT2D eigenvalue weighted by molar-refractivity contribution is 0.0738. The number of amides is 1. The SMILES string of the molecule is CCCN(Cc1ccccc1)C(=O)c1csc(C(C)N)n1. The summed E-state index contributed by atoms with van der Waals surface area (Å²) in [5, 5.41) is 2.60. The zero-order valence-electron chi connectivity index (χ0n) is 12.5. The van der Waals surface area contributed by atoms with Crippen LogP contribution in [-0.4, -0.2) is 22.3 Å².